The lowest BCUT2D eigenvalue weighted by atomic mass is 9.96. The van der Waals surface area contributed by atoms with Crippen molar-refractivity contribution in [3.63, 3.8) is 0 Å². The Hall–Kier alpha value is -1.03. The van der Waals surface area contributed by atoms with Crippen molar-refractivity contribution >= 4 is 11.6 Å². The Bertz CT molecular complexity index is 634. The summed E-state index contributed by atoms with van der Waals surface area (Å²) in [7, 11) is 0. The van der Waals surface area contributed by atoms with Gasteiger partial charge in [-0.1, -0.05) is 24.4 Å². The number of hydrogen-bond donors (Lipinski definition) is 1. The molecule has 2 aliphatic carbocycles. The number of nitrogens with zero attached hydrogens (tertiary/aromatic N) is 1. The summed E-state index contributed by atoms with van der Waals surface area (Å²) < 4.78 is 1.41. The van der Waals surface area contributed by atoms with Crippen LogP contribution in [0.3, 0.4) is 0 Å². The molecule has 0 unspecified atom stereocenters. The van der Waals surface area contributed by atoms with Crippen LogP contribution in [0.2, 0.25) is 5.15 Å². The third kappa shape index (κ3) is 2.14. The molecule has 110 valence electrons. The van der Waals surface area contributed by atoms with Crippen molar-refractivity contribution in [2.45, 2.75) is 63.8 Å². The highest BCUT2D eigenvalue weighted by Gasteiger charge is 2.42. The van der Waals surface area contributed by atoms with Gasteiger partial charge in [-0.05, 0) is 51.4 Å². The van der Waals surface area contributed by atoms with E-state index in [2.05, 4.69) is 4.98 Å². The Morgan fingerprint density at radius 3 is 2.30 bits per heavy atom. The molecule has 1 aromatic rings. The van der Waals surface area contributed by atoms with Gasteiger partial charge in [0.25, 0.3) is 5.56 Å². The second-order valence-electron chi connectivity index (χ2n) is 6.71. The van der Waals surface area contributed by atoms with Crippen LogP contribution in [-0.2, 0) is 5.54 Å². The van der Waals surface area contributed by atoms with Gasteiger partial charge in [-0.2, -0.15) is 0 Å². The maximum Gasteiger partial charge on any atom is 0.330 e. The van der Waals surface area contributed by atoms with E-state index < -0.39 is 5.54 Å². The van der Waals surface area contributed by atoms with Crippen molar-refractivity contribution < 1.29 is 0 Å². The summed E-state index contributed by atoms with van der Waals surface area (Å²) in [6, 6.07) is 0. The first kappa shape index (κ1) is 13.9. The summed E-state index contributed by atoms with van der Waals surface area (Å²) >= 11 is 6.16. The van der Waals surface area contributed by atoms with Gasteiger partial charge in [-0.3, -0.25) is 14.3 Å². The number of aromatic amines is 1. The second-order valence-corrected chi connectivity index (χ2v) is 7.09. The molecular weight excluding hydrogens is 276 g/mol. The smallest absolute Gasteiger partial charge is 0.297 e. The van der Waals surface area contributed by atoms with Gasteiger partial charge in [0.05, 0.1) is 5.56 Å². The lowest BCUT2D eigenvalue weighted by molar-refractivity contribution is 0.281. The summed E-state index contributed by atoms with van der Waals surface area (Å²) in [6.45, 7) is 3.96. The molecule has 0 aliphatic heterocycles. The molecule has 0 spiro atoms. The number of rotatable bonds is 3. The van der Waals surface area contributed by atoms with Gasteiger partial charge in [-0.15, -0.1) is 0 Å². The van der Waals surface area contributed by atoms with Crippen molar-refractivity contribution in [2.24, 2.45) is 5.92 Å². The van der Waals surface area contributed by atoms with E-state index in [-0.39, 0.29) is 22.3 Å². The Kier molecular flexibility index (Phi) is 3.32. The fraction of sp³-hybridized carbons (Fsp3) is 0.733. The average Bonchev–Trinajstić information content (AvgIpc) is 3.08. The molecule has 0 radical (unpaired) electrons. The molecule has 0 atom stereocenters. The zero-order chi connectivity index (χ0) is 14.5. The molecule has 1 N–H and O–H groups in total. The van der Waals surface area contributed by atoms with E-state index in [9.17, 15) is 9.59 Å². The van der Waals surface area contributed by atoms with E-state index in [0.717, 1.165) is 38.5 Å². The fourth-order valence-electron chi connectivity index (χ4n) is 3.59. The second kappa shape index (κ2) is 4.76. The molecule has 0 bridgehead atoms. The van der Waals surface area contributed by atoms with Crippen LogP contribution in [-0.4, -0.2) is 9.55 Å². The average molecular weight is 297 g/mol. The normalized spacial score (nSPS) is 20.6. The van der Waals surface area contributed by atoms with Crippen LogP contribution in [0.25, 0.3) is 0 Å². The summed E-state index contributed by atoms with van der Waals surface area (Å²) in [5, 5.41) is 0.245. The quantitative estimate of drug-likeness (QED) is 0.872. The zero-order valence-electron chi connectivity index (χ0n) is 12.0. The minimum Gasteiger partial charge on any atom is -0.297 e. The van der Waals surface area contributed by atoms with Crippen molar-refractivity contribution in [2.75, 3.05) is 0 Å². The highest BCUT2D eigenvalue weighted by Crippen LogP contribution is 2.43. The Morgan fingerprint density at radius 2 is 1.75 bits per heavy atom. The highest BCUT2D eigenvalue weighted by atomic mass is 35.5. The molecule has 1 heterocycles. The maximum atomic E-state index is 12.8. The molecule has 0 saturated heterocycles. The standard InChI is InChI=1S/C15H21ClN2O2/c1-15(2,10-7-8-10)18-13(19)11(9-5-3-4-6-9)12(16)17-14(18)20/h9-10H,3-8H2,1-2H3,(H,17,20). The highest BCUT2D eigenvalue weighted by molar-refractivity contribution is 6.30. The Morgan fingerprint density at radius 1 is 1.15 bits per heavy atom. The Labute approximate surface area is 123 Å². The summed E-state index contributed by atoms with van der Waals surface area (Å²) in [5.74, 6) is 0.618. The molecule has 1 aromatic heterocycles. The van der Waals surface area contributed by atoms with Crippen LogP contribution < -0.4 is 11.2 Å². The van der Waals surface area contributed by atoms with Crippen LogP contribution >= 0.6 is 11.6 Å². The van der Waals surface area contributed by atoms with E-state index in [1.807, 2.05) is 13.8 Å². The SMILES string of the molecule is CC(C)(C1CC1)n1c(=O)[nH]c(Cl)c(C2CCCC2)c1=O. The number of aromatic nitrogens is 2. The predicted molar refractivity (Wildman–Crippen MR) is 79.6 cm³/mol. The van der Waals surface area contributed by atoms with Gasteiger partial charge in [0.2, 0.25) is 0 Å². The third-order valence-corrected chi connectivity index (χ3v) is 5.30. The molecular formula is C15H21ClN2O2. The fourth-order valence-corrected chi connectivity index (χ4v) is 3.90. The van der Waals surface area contributed by atoms with Gasteiger partial charge < -0.3 is 0 Å². The van der Waals surface area contributed by atoms with Crippen molar-refractivity contribution in [3.8, 4) is 0 Å². The topological polar surface area (TPSA) is 54.9 Å². The molecule has 2 aliphatic rings. The molecule has 20 heavy (non-hydrogen) atoms. The molecule has 0 amide bonds. The molecule has 3 rings (SSSR count). The van der Waals surface area contributed by atoms with Gasteiger partial charge >= 0.3 is 5.69 Å². The number of hydrogen-bond acceptors (Lipinski definition) is 2. The minimum atomic E-state index is -0.428. The first-order chi connectivity index (χ1) is 9.43. The molecule has 2 fully saturated rings. The molecule has 2 saturated carbocycles. The third-order valence-electron chi connectivity index (χ3n) is 5.01. The zero-order valence-corrected chi connectivity index (χ0v) is 12.8. The Balaban J connectivity index is 2.17. The van der Waals surface area contributed by atoms with E-state index >= 15 is 0 Å². The summed E-state index contributed by atoms with van der Waals surface area (Å²) in [4.78, 5) is 27.8. The summed E-state index contributed by atoms with van der Waals surface area (Å²) in [5.41, 5.74) is -0.360. The maximum absolute atomic E-state index is 12.8. The van der Waals surface area contributed by atoms with E-state index in [1.54, 1.807) is 0 Å². The predicted octanol–water partition coefficient (Wildman–Crippen LogP) is 2.99. The first-order valence-electron chi connectivity index (χ1n) is 7.48. The van der Waals surface area contributed by atoms with Crippen LogP contribution in [0.4, 0.5) is 0 Å². The van der Waals surface area contributed by atoms with Crippen LogP contribution in [0.15, 0.2) is 9.59 Å². The molecule has 5 heteroatoms. The lowest BCUT2D eigenvalue weighted by Crippen LogP contribution is -2.49. The van der Waals surface area contributed by atoms with Crippen LogP contribution in [0.5, 0.6) is 0 Å². The monoisotopic (exact) mass is 296 g/mol. The van der Waals surface area contributed by atoms with Crippen molar-refractivity contribution in [1.82, 2.24) is 9.55 Å². The summed E-state index contributed by atoms with van der Waals surface area (Å²) in [6.07, 6.45) is 6.41. The number of halogens is 1. The van der Waals surface area contributed by atoms with E-state index in [1.165, 1.54) is 4.57 Å². The van der Waals surface area contributed by atoms with E-state index in [4.69, 9.17) is 11.6 Å². The molecule has 0 aromatic carbocycles. The molecule has 4 nitrogen and oxygen atoms in total. The van der Waals surface area contributed by atoms with Crippen molar-refractivity contribution in [1.29, 1.82) is 0 Å². The van der Waals surface area contributed by atoms with Gasteiger partial charge in [0, 0.05) is 5.54 Å². The van der Waals surface area contributed by atoms with Gasteiger partial charge in [-0.25, -0.2) is 4.79 Å². The first-order valence-corrected chi connectivity index (χ1v) is 7.86. The van der Waals surface area contributed by atoms with Crippen molar-refractivity contribution in [3.05, 3.63) is 31.6 Å². The number of H-pyrrole nitrogens is 1. The van der Waals surface area contributed by atoms with Crippen LogP contribution in [0.1, 0.15) is 63.9 Å². The van der Waals surface area contributed by atoms with Gasteiger partial charge in [0.1, 0.15) is 5.15 Å². The van der Waals surface area contributed by atoms with Gasteiger partial charge in [0.15, 0.2) is 0 Å². The lowest BCUT2D eigenvalue weighted by Gasteiger charge is -2.27. The van der Waals surface area contributed by atoms with E-state index in [0.29, 0.717) is 11.5 Å². The van der Waals surface area contributed by atoms with Crippen LogP contribution in [0, 0.1) is 5.92 Å². The number of nitrogens with one attached hydrogen (secondary N) is 1. The largest absolute Gasteiger partial charge is 0.330 e. The minimum absolute atomic E-state index is 0.178.